The molecule has 1 aromatic carbocycles. The summed E-state index contributed by atoms with van der Waals surface area (Å²) in [6.07, 6.45) is -2.59. The van der Waals surface area contributed by atoms with Crippen molar-refractivity contribution in [3.05, 3.63) is 47.2 Å². The van der Waals surface area contributed by atoms with Crippen molar-refractivity contribution in [2.24, 2.45) is 11.5 Å². The second-order valence-corrected chi connectivity index (χ2v) is 9.63. The summed E-state index contributed by atoms with van der Waals surface area (Å²) >= 11 is 0. The molecule has 0 bridgehead atoms. The maximum atomic E-state index is 13.8. The Kier molecular flexibility index (Phi) is 5.88. The lowest BCUT2D eigenvalue weighted by Crippen LogP contribution is -2.56. The fraction of sp³-hybridized carbons (Fsp3) is 0.458. The molecule has 1 fully saturated rings. The number of rotatable bonds is 3. The Morgan fingerprint density at radius 1 is 1.03 bits per heavy atom. The van der Waals surface area contributed by atoms with Crippen molar-refractivity contribution in [1.82, 2.24) is 14.8 Å². The number of nitrogens with one attached hydrogen (secondary N) is 1. The number of aliphatic hydroxyl groups excluding tert-OH is 3. The Morgan fingerprint density at radius 3 is 2.49 bits per heavy atom. The van der Waals surface area contributed by atoms with Crippen molar-refractivity contribution < 1.29 is 29.7 Å². The van der Waals surface area contributed by atoms with Gasteiger partial charge >= 0.3 is 0 Å². The minimum absolute atomic E-state index is 0.102. The van der Waals surface area contributed by atoms with E-state index in [1.807, 2.05) is 24.3 Å². The number of para-hydroxylation sites is 1. The van der Waals surface area contributed by atoms with E-state index in [1.54, 1.807) is 0 Å². The van der Waals surface area contributed by atoms with Crippen LogP contribution in [0.2, 0.25) is 0 Å². The first kappa shape index (κ1) is 23.5. The number of nitrogens with two attached hydrogens (primary N) is 2. The van der Waals surface area contributed by atoms with E-state index in [9.17, 15) is 29.7 Å². The molecule has 11 nitrogen and oxygen atoms in total. The van der Waals surface area contributed by atoms with Gasteiger partial charge in [0.15, 0.2) is 0 Å². The fourth-order valence-electron chi connectivity index (χ4n) is 5.50. The molecule has 2 unspecified atom stereocenters. The number of likely N-dealkylation sites (tertiary alicyclic amines) is 1. The highest BCUT2D eigenvalue weighted by Gasteiger charge is 2.45. The highest BCUT2D eigenvalue weighted by Crippen LogP contribution is 2.33. The summed E-state index contributed by atoms with van der Waals surface area (Å²) in [6.45, 7) is 0.241. The molecular formula is C24H29N5O6. The van der Waals surface area contributed by atoms with Crippen LogP contribution in [0.25, 0.3) is 10.9 Å². The normalized spacial score (nSPS) is 30.8. The van der Waals surface area contributed by atoms with Gasteiger partial charge in [-0.1, -0.05) is 18.2 Å². The number of benzene rings is 1. The third-order valence-corrected chi connectivity index (χ3v) is 7.31. The zero-order valence-corrected chi connectivity index (χ0v) is 19.0. The Labute approximate surface area is 201 Å². The number of carbonyl (C=O) groups excluding carboxylic acids is 3. The molecule has 35 heavy (non-hydrogen) atoms. The lowest BCUT2D eigenvalue weighted by molar-refractivity contribution is -0.148. The molecular weight excluding hydrogens is 454 g/mol. The van der Waals surface area contributed by atoms with Crippen LogP contribution in [-0.4, -0.2) is 90.8 Å². The molecule has 3 amide bonds. The summed E-state index contributed by atoms with van der Waals surface area (Å²) in [5, 5.41) is 30.7. The summed E-state index contributed by atoms with van der Waals surface area (Å²) in [7, 11) is 0. The Hall–Kier alpha value is -3.25. The monoisotopic (exact) mass is 483 g/mol. The van der Waals surface area contributed by atoms with Gasteiger partial charge in [0.1, 0.15) is 24.3 Å². The molecule has 2 aromatic rings. The minimum atomic E-state index is -1.40. The van der Waals surface area contributed by atoms with E-state index < -0.39 is 54.2 Å². The first-order valence-corrected chi connectivity index (χ1v) is 11.7. The van der Waals surface area contributed by atoms with Gasteiger partial charge in [-0.25, -0.2) is 0 Å². The SMILES string of the molecule is NC(=O)[C@@H]1Cc2c([nH]c3ccccc23)CN1C(=O)C1CC(N)CN1C(=O)C1=C[C@@H](O)[C@@H](O)[C@H](O)C1. The van der Waals surface area contributed by atoms with E-state index in [-0.39, 0.29) is 37.9 Å². The Morgan fingerprint density at radius 2 is 1.77 bits per heavy atom. The number of amides is 3. The van der Waals surface area contributed by atoms with E-state index in [4.69, 9.17) is 11.5 Å². The molecule has 0 saturated carbocycles. The van der Waals surface area contributed by atoms with Crippen molar-refractivity contribution in [3.8, 4) is 0 Å². The third kappa shape index (κ3) is 4.00. The van der Waals surface area contributed by atoms with Crippen molar-refractivity contribution in [1.29, 1.82) is 0 Å². The molecule has 6 atom stereocenters. The van der Waals surface area contributed by atoms with Crippen molar-refractivity contribution >= 4 is 28.6 Å². The highest BCUT2D eigenvalue weighted by atomic mass is 16.4. The zero-order valence-electron chi connectivity index (χ0n) is 19.0. The van der Waals surface area contributed by atoms with E-state index in [1.165, 1.54) is 15.9 Å². The molecule has 2 aliphatic heterocycles. The van der Waals surface area contributed by atoms with Gasteiger partial charge in [-0.15, -0.1) is 0 Å². The molecule has 0 spiro atoms. The smallest absolute Gasteiger partial charge is 0.250 e. The van der Waals surface area contributed by atoms with Gasteiger partial charge in [-0.3, -0.25) is 14.4 Å². The van der Waals surface area contributed by atoms with Gasteiger partial charge in [0.2, 0.25) is 17.7 Å². The van der Waals surface area contributed by atoms with E-state index in [2.05, 4.69) is 4.98 Å². The van der Waals surface area contributed by atoms with Crippen molar-refractivity contribution in [2.75, 3.05) is 6.54 Å². The molecule has 1 aromatic heterocycles. The molecule has 186 valence electrons. The van der Waals surface area contributed by atoms with Gasteiger partial charge < -0.3 is 41.6 Å². The first-order valence-electron chi connectivity index (χ1n) is 11.7. The number of H-pyrrole nitrogens is 1. The van der Waals surface area contributed by atoms with Crippen LogP contribution in [0.3, 0.4) is 0 Å². The predicted octanol–water partition coefficient (Wildman–Crippen LogP) is -1.75. The van der Waals surface area contributed by atoms with Gasteiger partial charge in [0, 0.05) is 47.6 Å². The number of hydrogen-bond donors (Lipinski definition) is 6. The van der Waals surface area contributed by atoms with E-state index in [0.29, 0.717) is 0 Å². The molecule has 3 heterocycles. The number of aliphatic hydroxyl groups is 3. The number of hydrogen-bond acceptors (Lipinski definition) is 7. The highest BCUT2D eigenvalue weighted by molar-refractivity contribution is 5.99. The van der Waals surface area contributed by atoms with Crippen molar-refractivity contribution in [2.45, 2.75) is 62.2 Å². The van der Waals surface area contributed by atoms with Crippen LogP contribution in [0.15, 0.2) is 35.9 Å². The summed E-state index contributed by atoms with van der Waals surface area (Å²) in [5.74, 6) is -1.61. The number of fused-ring (bicyclic) bond motifs is 3. The van der Waals surface area contributed by atoms with Gasteiger partial charge in [-0.05, 0) is 24.1 Å². The average Bonchev–Trinajstić information content (AvgIpc) is 3.40. The standard InChI is InChI=1S/C24H29N5O6/c25-12-7-18(28(9-12)23(34)11-5-19(30)21(32)20(31)6-11)24(35)29-10-16-14(8-17(29)22(26)33)13-3-1-2-4-15(13)27-16/h1-5,12,17-21,27,30-32H,6-10,25H2,(H2,26,33)/t12?,17-,18?,19+,20+,21+/m0/s1. The number of carbonyl (C=O) groups is 3. The van der Waals surface area contributed by atoms with Gasteiger partial charge in [0.05, 0.1) is 12.6 Å². The second kappa shape index (κ2) is 8.76. The zero-order chi connectivity index (χ0) is 25.0. The predicted molar refractivity (Wildman–Crippen MR) is 124 cm³/mol. The van der Waals surface area contributed by atoms with Crippen LogP contribution in [0, 0.1) is 0 Å². The molecule has 8 N–H and O–H groups in total. The molecule has 5 rings (SSSR count). The minimum Gasteiger partial charge on any atom is -0.390 e. The summed E-state index contributed by atoms with van der Waals surface area (Å²) < 4.78 is 0. The molecule has 1 aliphatic carbocycles. The Bertz CT molecular complexity index is 1220. The first-order chi connectivity index (χ1) is 16.7. The second-order valence-electron chi connectivity index (χ2n) is 9.63. The average molecular weight is 484 g/mol. The summed E-state index contributed by atoms with van der Waals surface area (Å²) in [5.41, 5.74) is 14.6. The number of primary amides is 1. The van der Waals surface area contributed by atoms with Crippen LogP contribution in [0.5, 0.6) is 0 Å². The summed E-state index contributed by atoms with van der Waals surface area (Å²) in [6, 6.07) is 5.42. The quantitative estimate of drug-likeness (QED) is 0.299. The third-order valence-electron chi connectivity index (χ3n) is 7.31. The lowest BCUT2D eigenvalue weighted by Gasteiger charge is -2.37. The number of aromatic amines is 1. The van der Waals surface area contributed by atoms with Crippen LogP contribution in [-0.2, 0) is 27.3 Å². The van der Waals surface area contributed by atoms with Gasteiger partial charge in [-0.2, -0.15) is 0 Å². The van der Waals surface area contributed by atoms with E-state index >= 15 is 0 Å². The maximum Gasteiger partial charge on any atom is 0.250 e. The topological polar surface area (TPSA) is 186 Å². The van der Waals surface area contributed by atoms with Crippen LogP contribution in [0.4, 0.5) is 0 Å². The van der Waals surface area contributed by atoms with E-state index in [0.717, 1.165) is 22.2 Å². The largest absolute Gasteiger partial charge is 0.390 e. The molecule has 11 heteroatoms. The number of aromatic nitrogens is 1. The van der Waals surface area contributed by atoms with Crippen LogP contribution < -0.4 is 11.5 Å². The van der Waals surface area contributed by atoms with Crippen LogP contribution >= 0.6 is 0 Å². The fourth-order valence-corrected chi connectivity index (χ4v) is 5.50. The van der Waals surface area contributed by atoms with Gasteiger partial charge in [0.25, 0.3) is 0 Å². The van der Waals surface area contributed by atoms with Crippen molar-refractivity contribution in [3.63, 3.8) is 0 Å². The molecule has 3 aliphatic rings. The maximum absolute atomic E-state index is 13.8. The van der Waals surface area contributed by atoms with Crippen LogP contribution in [0.1, 0.15) is 24.1 Å². The molecule has 1 saturated heterocycles. The number of nitrogens with zero attached hydrogens (tertiary/aromatic N) is 2. The summed E-state index contributed by atoms with van der Waals surface area (Å²) in [4.78, 5) is 45.5. The lowest BCUT2D eigenvalue weighted by atomic mass is 9.91. The Balaban J connectivity index is 1.44. The molecule has 0 radical (unpaired) electrons.